The minimum atomic E-state index is -0.619. The molecule has 0 aliphatic rings. The van der Waals surface area contributed by atoms with E-state index in [1.807, 2.05) is 54.6 Å². The lowest BCUT2D eigenvalue weighted by molar-refractivity contribution is -0.142. The van der Waals surface area contributed by atoms with E-state index in [1.165, 1.54) is 19.2 Å². The molecular weight excluding hydrogens is 341 g/mol. The summed E-state index contributed by atoms with van der Waals surface area (Å²) >= 11 is 0. The van der Waals surface area contributed by atoms with Gasteiger partial charge in [0.15, 0.2) is 0 Å². The standard InChI is InChI=1S/C23H18FNO2/c1-27-23(26)20(13-15-7-3-2-4-8-15)22-19-14-16(24)11-12-17(19)18-9-5-6-10-21(18)25-22/h2-12,14,20H,13H2,1H3. The van der Waals surface area contributed by atoms with Crippen LogP contribution in [0.4, 0.5) is 4.39 Å². The number of methoxy groups -OCH3 is 1. The molecule has 0 fully saturated rings. The van der Waals surface area contributed by atoms with Gasteiger partial charge in [0.2, 0.25) is 0 Å². The average Bonchev–Trinajstić information content (AvgIpc) is 2.71. The van der Waals surface area contributed by atoms with Gasteiger partial charge in [0.25, 0.3) is 0 Å². The Morgan fingerprint density at radius 1 is 0.963 bits per heavy atom. The number of hydrogen-bond donors (Lipinski definition) is 0. The van der Waals surface area contributed by atoms with Gasteiger partial charge < -0.3 is 4.74 Å². The number of fused-ring (bicyclic) bond motifs is 3. The Hall–Kier alpha value is -3.27. The monoisotopic (exact) mass is 359 g/mol. The molecule has 0 saturated carbocycles. The van der Waals surface area contributed by atoms with Crippen molar-refractivity contribution < 1.29 is 13.9 Å². The summed E-state index contributed by atoms with van der Waals surface area (Å²) in [6.45, 7) is 0. The molecule has 0 spiro atoms. The number of halogens is 1. The third-order valence-electron chi connectivity index (χ3n) is 4.79. The van der Waals surface area contributed by atoms with Crippen molar-refractivity contribution in [2.24, 2.45) is 0 Å². The van der Waals surface area contributed by atoms with Crippen LogP contribution >= 0.6 is 0 Å². The Balaban J connectivity index is 1.97. The first kappa shape index (κ1) is 17.2. The van der Waals surface area contributed by atoms with Crippen LogP contribution in [0, 0.1) is 5.82 Å². The number of rotatable bonds is 4. The zero-order chi connectivity index (χ0) is 18.8. The fourth-order valence-corrected chi connectivity index (χ4v) is 3.50. The first-order valence-electron chi connectivity index (χ1n) is 8.77. The number of pyridine rings is 1. The van der Waals surface area contributed by atoms with E-state index in [2.05, 4.69) is 0 Å². The zero-order valence-corrected chi connectivity index (χ0v) is 14.9. The normalized spacial score (nSPS) is 12.2. The molecule has 1 heterocycles. The van der Waals surface area contributed by atoms with Gasteiger partial charge in [-0.15, -0.1) is 0 Å². The Labute approximate surface area is 156 Å². The van der Waals surface area contributed by atoms with Crippen LogP contribution in [-0.4, -0.2) is 18.1 Å². The smallest absolute Gasteiger partial charge is 0.315 e. The van der Waals surface area contributed by atoms with Gasteiger partial charge in [-0.05, 0) is 35.6 Å². The second-order valence-electron chi connectivity index (χ2n) is 6.47. The number of nitrogens with zero attached hydrogens (tertiary/aromatic N) is 1. The first-order valence-corrected chi connectivity index (χ1v) is 8.77. The summed E-state index contributed by atoms with van der Waals surface area (Å²) in [5.74, 6) is -1.36. The summed E-state index contributed by atoms with van der Waals surface area (Å²) in [6.07, 6.45) is 0.435. The maximum absolute atomic E-state index is 14.0. The fraction of sp³-hybridized carbons (Fsp3) is 0.130. The molecule has 0 bridgehead atoms. The van der Waals surface area contributed by atoms with Gasteiger partial charge in [-0.1, -0.05) is 54.6 Å². The molecule has 134 valence electrons. The molecule has 0 N–H and O–H groups in total. The van der Waals surface area contributed by atoms with E-state index in [9.17, 15) is 9.18 Å². The number of ether oxygens (including phenoxy) is 1. The second kappa shape index (κ2) is 7.16. The molecule has 1 atom stereocenters. The van der Waals surface area contributed by atoms with Gasteiger partial charge in [-0.25, -0.2) is 4.39 Å². The Kier molecular flexibility index (Phi) is 4.55. The molecule has 4 rings (SSSR count). The third-order valence-corrected chi connectivity index (χ3v) is 4.79. The molecule has 0 aliphatic heterocycles. The first-order chi connectivity index (χ1) is 13.2. The number of para-hydroxylation sites is 1. The van der Waals surface area contributed by atoms with Crippen LogP contribution in [0.1, 0.15) is 17.2 Å². The van der Waals surface area contributed by atoms with E-state index in [0.717, 1.165) is 21.9 Å². The molecule has 4 heteroatoms. The van der Waals surface area contributed by atoms with Crippen LogP contribution in [0.15, 0.2) is 72.8 Å². The Morgan fingerprint density at radius 2 is 1.70 bits per heavy atom. The summed E-state index contributed by atoms with van der Waals surface area (Å²) in [5.41, 5.74) is 2.31. The molecule has 0 saturated heterocycles. The summed E-state index contributed by atoms with van der Waals surface area (Å²) in [4.78, 5) is 17.4. The Bertz CT molecular complexity index is 1130. The van der Waals surface area contributed by atoms with Gasteiger partial charge in [-0.2, -0.15) is 0 Å². The molecule has 1 aromatic heterocycles. The molecule has 3 aromatic carbocycles. The van der Waals surface area contributed by atoms with Crippen molar-refractivity contribution in [2.45, 2.75) is 12.3 Å². The molecule has 0 radical (unpaired) electrons. The minimum absolute atomic E-state index is 0.357. The molecule has 3 nitrogen and oxygen atoms in total. The van der Waals surface area contributed by atoms with Crippen LogP contribution in [0.2, 0.25) is 0 Å². The van der Waals surface area contributed by atoms with E-state index in [-0.39, 0.29) is 11.8 Å². The van der Waals surface area contributed by atoms with Gasteiger partial charge >= 0.3 is 5.97 Å². The molecular formula is C23H18FNO2. The van der Waals surface area contributed by atoms with Crippen molar-refractivity contribution in [1.82, 2.24) is 4.98 Å². The van der Waals surface area contributed by atoms with E-state index in [0.29, 0.717) is 17.5 Å². The van der Waals surface area contributed by atoms with E-state index in [1.54, 1.807) is 6.07 Å². The van der Waals surface area contributed by atoms with Crippen molar-refractivity contribution in [2.75, 3.05) is 7.11 Å². The maximum atomic E-state index is 14.0. The van der Waals surface area contributed by atoms with Gasteiger partial charge in [-0.3, -0.25) is 9.78 Å². The number of carbonyl (C=O) groups is 1. The highest BCUT2D eigenvalue weighted by molar-refractivity contribution is 6.07. The predicted molar refractivity (Wildman–Crippen MR) is 104 cm³/mol. The topological polar surface area (TPSA) is 39.2 Å². The highest BCUT2D eigenvalue weighted by Gasteiger charge is 2.26. The summed E-state index contributed by atoms with van der Waals surface area (Å²) in [6, 6.07) is 22.0. The molecule has 4 aromatic rings. The second-order valence-corrected chi connectivity index (χ2v) is 6.47. The molecule has 27 heavy (non-hydrogen) atoms. The average molecular weight is 359 g/mol. The van der Waals surface area contributed by atoms with E-state index >= 15 is 0 Å². The van der Waals surface area contributed by atoms with E-state index in [4.69, 9.17) is 9.72 Å². The zero-order valence-electron chi connectivity index (χ0n) is 14.9. The van der Waals surface area contributed by atoms with Crippen molar-refractivity contribution in [3.05, 3.63) is 89.9 Å². The summed E-state index contributed by atoms with van der Waals surface area (Å²) in [7, 11) is 1.37. The largest absolute Gasteiger partial charge is 0.468 e. The van der Waals surface area contributed by atoms with Crippen molar-refractivity contribution in [3.63, 3.8) is 0 Å². The molecule has 0 amide bonds. The highest BCUT2D eigenvalue weighted by Crippen LogP contribution is 2.33. The highest BCUT2D eigenvalue weighted by atomic mass is 19.1. The van der Waals surface area contributed by atoms with Crippen LogP contribution in [0.25, 0.3) is 21.7 Å². The summed E-state index contributed by atoms with van der Waals surface area (Å²) in [5, 5.41) is 2.44. The third kappa shape index (κ3) is 3.26. The maximum Gasteiger partial charge on any atom is 0.315 e. The van der Waals surface area contributed by atoms with Crippen LogP contribution in [0.3, 0.4) is 0 Å². The predicted octanol–water partition coefficient (Wildman–Crippen LogP) is 5.03. The van der Waals surface area contributed by atoms with Gasteiger partial charge in [0, 0.05) is 10.8 Å². The number of aromatic nitrogens is 1. The van der Waals surface area contributed by atoms with Crippen molar-refractivity contribution in [1.29, 1.82) is 0 Å². The quantitative estimate of drug-likeness (QED) is 0.379. The van der Waals surface area contributed by atoms with Crippen molar-refractivity contribution >= 4 is 27.6 Å². The number of hydrogen-bond acceptors (Lipinski definition) is 3. The van der Waals surface area contributed by atoms with Gasteiger partial charge in [0.1, 0.15) is 11.7 Å². The van der Waals surface area contributed by atoms with Crippen LogP contribution < -0.4 is 0 Å². The van der Waals surface area contributed by atoms with Gasteiger partial charge in [0.05, 0.1) is 18.3 Å². The lowest BCUT2D eigenvalue weighted by Crippen LogP contribution is -2.18. The number of esters is 1. The lowest BCUT2D eigenvalue weighted by Gasteiger charge is -2.18. The number of carbonyl (C=O) groups excluding carboxylic acids is 1. The lowest BCUT2D eigenvalue weighted by atomic mass is 9.91. The fourth-order valence-electron chi connectivity index (χ4n) is 3.50. The SMILES string of the molecule is COC(=O)C(Cc1ccccc1)c1nc2ccccc2c2ccc(F)cc12. The summed E-state index contributed by atoms with van der Waals surface area (Å²) < 4.78 is 19.1. The number of benzene rings is 3. The van der Waals surface area contributed by atoms with Crippen LogP contribution in [0.5, 0.6) is 0 Å². The Morgan fingerprint density at radius 3 is 2.48 bits per heavy atom. The minimum Gasteiger partial charge on any atom is -0.468 e. The van der Waals surface area contributed by atoms with Crippen LogP contribution in [-0.2, 0) is 16.0 Å². The molecule has 1 unspecified atom stereocenters. The van der Waals surface area contributed by atoms with Crippen molar-refractivity contribution in [3.8, 4) is 0 Å². The molecule has 0 aliphatic carbocycles. The van der Waals surface area contributed by atoms with E-state index < -0.39 is 5.92 Å².